The van der Waals surface area contributed by atoms with Crippen molar-refractivity contribution in [3.05, 3.63) is 54.5 Å². The summed E-state index contributed by atoms with van der Waals surface area (Å²) in [5.74, 6) is -1.75. The molecule has 1 N–H and O–H groups in total. The molecule has 270 valence electrons. The number of rotatable bonds is 4. The van der Waals surface area contributed by atoms with Gasteiger partial charge in [-0.1, -0.05) is 39.8 Å². The van der Waals surface area contributed by atoms with Crippen LogP contribution in [0.5, 0.6) is 0 Å². The van der Waals surface area contributed by atoms with Gasteiger partial charge in [0, 0.05) is 49.4 Å². The minimum absolute atomic E-state index is 0.0476. The molecule has 3 aliphatic heterocycles. The number of nitrogens with one attached hydrogen (secondary N) is 1. The number of carbonyl (C=O) groups is 2. The lowest BCUT2D eigenvalue weighted by atomic mass is 9.92. The number of carbonyl (C=O) groups excluding carboxylic acids is 2. The van der Waals surface area contributed by atoms with Crippen LogP contribution in [0, 0.1) is 11.8 Å². The first kappa shape index (κ1) is 35.9. The number of piperidine rings is 1. The van der Waals surface area contributed by atoms with E-state index in [9.17, 15) is 22.8 Å². The first-order valence-corrected chi connectivity index (χ1v) is 19.5. The number of nitrogens with zero attached hydrogens (tertiary/aromatic N) is 5. The molecule has 0 aliphatic carbocycles. The standard InChI is InChI=1S/C36H47F3N6O4Si/c1-22-19-44(21-30-31(22)49-50(8,35(5,6)7)45(30)33(47)48-34(2,3)4)29-13-15-40-18-28(29)42-32(46)26-12-10-23-9-11-25(17-27(23)41-26)43-16-14-24(20-43)36(37,38)39/h9-13,15,17-18,22,24,30-31H,14,16,19-21H2,1-8H3,(H,42,46)/t22-,24?,30+,31+,50?/m0/s1. The lowest BCUT2D eigenvalue weighted by Crippen LogP contribution is -2.62. The fourth-order valence-corrected chi connectivity index (χ4v) is 10.7. The topological polar surface area (TPSA) is 100 Å². The summed E-state index contributed by atoms with van der Waals surface area (Å²) in [5, 5.41) is 3.48. The summed E-state index contributed by atoms with van der Waals surface area (Å²) in [6.45, 7) is 17.5. The third-order valence-electron chi connectivity index (χ3n) is 10.3. The van der Waals surface area contributed by atoms with Crippen molar-refractivity contribution in [1.29, 1.82) is 0 Å². The van der Waals surface area contributed by atoms with E-state index < -0.39 is 32.1 Å². The molecule has 10 nitrogen and oxygen atoms in total. The highest BCUT2D eigenvalue weighted by molar-refractivity contribution is 6.75. The third kappa shape index (κ3) is 6.88. The Morgan fingerprint density at radius 3 is 2.38 bits per heavy atom. The number of anilines is 3. The van der Waals surface area contributed by atoms with Crippen LogP contribution < -0.4 is 15.1 Å². The van der Waals surface area contributed by atoms with Crippen LogP contribution in [-0.4, -0.2) is 85.1 Å². The van der Waals surface area contributed by atoms with Crippen LogP contribution in [0.1, 0.15) is 65.4 Å². The summed E-state index contributed by atoms with van der Waals surface area (Å²) < 4.78 is 54.7. The van der Waals surface area contributed by atoms with E-state index in [1.165, 1.54) is 0 Å². The number of halogens is 3. The number of aromatic nitrogens is 2. The zero-order valence-electron chi connectivity index (χ0n) is 30.0. The second-order valence-electron chi connectivity index (χ2n) is 16.0. The van der Waals surface area contributed by atoms with E-state index in [0.717, 1.165) is 11.1 Å². The van der Waals surface area contributed by atoms with Crippen LogP contribution in [0.25, 0.3) is 10.9 Å². The minimum atomic E-state index is -4.23. The zero-order chi connectivity index (χ0) is 36.4. The second-order valence-corrected chi connectivity index (χ2v) is 20.2. The van der Waals surface area contributed by atoms with Gasteiger partial charge in [-0.05, 0) is 63.0 Å². The molecular formula is C36H47F3N6O4Si. The Balaban J connectivity index is 1.24. The summed E-state index contributed by atoms with van der Waals surface area (Å²) in [5.41, 5.74) is 1.90. The normalized spacial score (nSPS) is 25.9. The molecule has 2 amide bonds. The second kappa shape index (κ2) is 12.7. The van der Waals surface area contributed by atoms with Gasteiger partial charge in [0.25, 0.3) is 5.91 Å². The summed E-state index contributed by atoms with van der Waals surface area (Å²) in [7, 11) is -2.82. The van der Waals surface area contributed by atoms with E-state index in [0.29, 0.717) is 36.5 Å². The monoisotopic (exact) mass is 712 g/mol. The predicted octanol–water partition coefficient (Wildman–Crippen LogP) is 7.60. The van der Waals surface area contributed by atoms with Crippen molar-refractivity contribution in [3.8, 4) is 0 Å². The van der Waals surface area contributed by atoms with Gasteiger partial charge < -0.3 is 28.8 Å². The van der Waals surface area contributed by atoms with E-state index in [2.05, 4.69) is 54.4 Å². The van der Waals surface area contributed by atoms with E-state index in [4.69, 9.17) is 9.16 Å². The van der Waals surface area contributed by atoms with Gasteiger partial charge in [0.05, 0.1) is 41.2 Å². The van der Waals surface area contributed by atoms with Crippen molar-refractivity contribution in [2.24, 2.45) is 11.8 Å². The van der Waals surface area contributed by atoms with Crippen molar-refractivity contribution in [2.45, 2.75) is 90.4 Å². The SMILES string of the molecule is C[C@H]1CN(c2ccncc2NC(=O)c2ccc3ccc(N4CCC(C(F)(F)F)C4)cc3n2)C[C@@H]2[C@@H]1O[Si](C)(C(C)(C)C)N2C(=O)OC(C)(C)C. The minimum Gasteiger partial charge on any atom is -0.444 e. The van der Waals surface area contributed by atoms with E-state index in [1.807, 2.05) is 37.5 Å². The van der Waals surface area contributed by atoms with E-state index >= 15 is 0 Å². The first-order valence-electron chi connectivity index (χ1n) is 17.2. The van der Waals surface area contributed by atoms with Crippen molar-refractivity contribution in [2.75, 3.05) is 41.3 Å². The molecular weight excluding hydrogens is 666 g/mol. The smallest absolute Gasteiger partial charge is 0.404 e. The highest BCUT2D eigenvalue weighted by Gasteiger charge is 2.63. The fraction of sp³-hybridized carbons (Fsp3) is 0.556. The highest BCUT2D eigenvalue weighted by atomic mass is 28.4. The number of alkyl halides is 3. The van der Waals surface area contributed by atoms with Gasteiger partial charge in [0.1, 0.15) is 11.3 Å². The Morgan fingerprint density at radius 2 is 1.72 bits per heavy atom. The molecule has 1 aromatic carbocycles. The number of amides is 2. The van der Waals surface area contributed by atoms with Gasteiger partial charge in [-0.2, -0.15) is 13.2 Å². The summed E-state index contributed by atoms with van der Waals surface area (Å²) in [6, 6.07) is 10.3. The largest absolute Gasteiger partial charge is 0.444 e. The Kier molecular flexibility index (Phi) is 9.11. The van der Waals surface area contributed by atoms with Gasteiger partial charge in [0.15, 0.2) is 0 Å². The van der Waals surface area contributed by atoms with Crippen molar-refractivity contribution < 1.29 is 31.9 Å². The van der Waals surface area contributed by atoms with E-state index in [1.54, 1.807) is 41.6 Å². The lowest BCUT2D eigenvalue weighted by Gasteiger charge is -2.45. The first-order chi connectivity index (χ1) is 23.2. The molecule has 5 heterocycles. The number of hydrogen-bond donors (Lipinski definition) is 1. The molecule has 3 aromatic rings. The molecule has 0 bridgehead atoms. The molecule has 2 aromatic heterocycles. The van der Waals surface area contributed by atoms with Crippen molar-refractivity contribution in [3.63, 3.8) is 0 Å². The molecule has 0 radical (unpaired) electrons. The predicted molar refractivity (Wildman–Crippen MR) is 190 cm³/mol. The molecule has 5 atom stereocenters. The van der Waals surface area contributed by atoms with Crippen LogP contribution in [0.2, 0.25) is 11.6 Å². The number of fused-ring (bicyclic) bond motifs is 2. The molecule has 2 unspecified atom stereocenters. The zero-order valence-corrected chi connectivity index (χ0v) is 31.0. The number of ether oxygens (including phenoxy) is 1. The maximum absolute atomic E-state index is 13.9. The fourth-order valence-electron chi connectivity index (χ4n) is 7.29. The summed E-state index contributed by atoms with van der Waals surface area (Å²) in [4.78, 5) is 40.3. The van der Waals surface area contributed by atoms with Crippen LogP contribution in [-0.2, 0) is 9.16 Å². The third-order valence-corrected chi connectivity index (χ3v) is 15.3. The lowest BCUT2D eigenvalue weighted by molar-refractivity contribution is -0.168. The van der Waals surface area contributed by atoms with Crippen molar-refractivity contribution >= 4 is 48.4 Å². The summed E-state index contributed by atoms with van der Waals surface area (Å²) >= 11 is 0. The van der Waals surface area contributed by atoms with Crippen LogP contribution >= 0.6 is 0 Å². The number of benzene rings is 1. The van der Waals surface area contributed by atoms with Crippen LogP contribution in [0.15, 0.2) is 48.8 Å². The number of pyridine rings is 2. The maximum Gasteiger partial charge on any atom is 0.404 e. The molecule has 3 aliphatic rings. The quantitative estimate of drug-likeness (QED) is 0.276. The molecule has 50 heavy (non-hydrogen) atoms. The maximum atomic E-state index is 13.9. The Hall–Kier alpha value is -3.91. The Morgan fingerprint density at radius 1 is 1.00 bits per heavy atom. The average molecular weight is 713 g/mol. The van der Waals surface area contributed by atoms with E-state index in [-0.39, 0.29) is 47.9 Å². The Bertz CT molecular complexity index is 1780. The molecule has 0 saturated carbocycles. The van der Waals surface area contributed by atoms with Crippen LogP contribution in [0.4, 0.5) is 35.0 Å². The van der Waals surface area contributed by atoms with Gasteiger partial charge in [0.2, 0.25) is 0 Å². The molecule has 3 fully saturated rings. The van der Waals surface area contributed by atoms with Gasteiger partial charge in [-0.3, -0.25) is 9.78 Å². The Labute approximate surface area is 292 Å². The molecule has 3 saturated heterocycles. The highest BCUT2D eigenvalue weighted by Crippen LogP contribution is 2.49. The van der Waals surface area contributed by atoms with Crippen molar-refractivity contribution in [1.82, 2.24) is 14.5 Å². The van der Waals surface area contributed by atoms with Gasteiger partial charge >= 0.3 is 20.7 Å². The summed E-state index contributed by atoms with van der Waals surface area (Å²) in [6.07, 6.45) is -1.46. The average Bonchev–Trinajstić information content (AvgIpc) is 3.64. The van der Waals surface area contributed by atoms with Gasteiger partial charge in [-0.25, -0.2) is 9.78 Å². The van der Waals surface area contributed by atoms with Gasteiger partial charge in [-0.15, -0.1) is 0 Å². The molecule has 14 heteroatoms. The molecule has 0 spiro atoms. The molecule has 6 rings (SSSR count). The number of hydrogen-bond acceptors (Lipinski definition) is 8. The van der Waals surface area contributed by atoms with Crippen LogP contribution in [0.3, 0.4) is 0 Å².